The third-order valence-corrected chi connectivity index (χ3v) is 14.5. The van der Waals surface area contributed by atoms with Crippen molar-refractivity contribution < 1.29 is 37.4 Å². The van der Waals surface area contributed by atoms with Gasteiger partial charge in [0.25, 0.3) is 12.9 Å². The zero-order chi connectivity index (χ0) is 31.9. The van der Waals surface area contributed by atoms with Gasteiger partial charge in [-0.3, -0.25) is 25.2 Å². The van der Waals surface area contributed by atoms with Gasteiger partial charge in [0.05, 0.1) is 57.4 Å². The number of halogens is 4. The number of thioether (sulfide) groups is 2. The Kier molecular flexibility index (Phi) is 8.59. The lowest BCUT2D eigenvalue weighted by atomic mass is 9.65. The molecule has 0 aliphatic carbocycles. The second kappa shape index (κ2) is 12.1. The molecule has 0 aromatic carbocycles. The van der Waals surface area contributed by atoms with E-state index in [4.69, 9.17) is 0 Å². The van der Waals surface area contributed by atoms with Gasteiger partial charge in [0.15, 0.2) is 0 Å². The quantitative estimate of drug-likeness (QED) is 0.259. The number of aliphatic hydroxyl groups is 2. The first kappa shape index (κ1) is 31.9. The number of carbonyl (C=O) groups is 2. The molecule has 9 nitrogen and oxygen atoms in total. The topological polar surface area (TPSA) is 136 Å². The number of nitrogens with zero attached hydrogens (tertiary/aromatic N) is 1. The minimum atomic E-state index is -2.54. The molecule has 0 radical (unpaired) electrons. The minimum Gasteiger partial charge on any atom is -0.391 e. The number of aromatic nitrogens is 1. The molecule has 248 valence electrons. The van der Waals surface area contributed by atoms with Crippen LogP contribution >= 0.6 is 23.5 Å². The molecule has 16 atom stereocenters. The summed E-state index contributed by atoms with van der Waals surface area (Å²) < 4.78 is 54.7. The summed E-state index contributed by atoms with van der Waals surface area (Å²) in [6, 6.07) is 0.487. The number of pyridine rings is 1. The summed E-state index contributed by atoms with van der Waals surface area (Å²) >= 11 is 2.70. The van der Waals surface area contributed by atoms with Crippen LogP contribution in [0.25, 0.3) is 0 Å². The predicted molar refractivity (Wildman–Crippen MR) is 161 cm³/mol. The number of fused-ring (bicyclic) bond motifs is 6. The molecule has 1 aromatic heterocycles. The van der Waals surface area contributed by atoms with Gasteiger partial charge >= 0.3 is 0 Å². The number of hydrogen-bond donors (Lipinski definition) is 6. The molecule has 0 spiro atoms. The fourth-order valence-corrected chi connectivity index (χ4v) is 13.2. The predicted octanol–water partition coefficient (Wildman–Crippen LogP) is 1.76. The Bertz CT molecular complexity index is 1210. The fraction of sp³-hybridized carbons (Fsp3) is 0.767. The van der Waals surface area contributed by atoms with E-state index in [1.54, 1.807) is 12.1 Å². The second-order valence-corrected chi connectivity index (χ2v) is 16.4. The molecular formula is C30H39F4N5O4S2. The van der Waals surface area contributed by atoms with Gasteiger partial charge in [-0.1, -0.05) is 13.8 Å². The Labute approximate surface area is 267 Å². The van der Waals surface area contributed by atoms with Crippen LogP contribution in [-0.4, -0.2) is 97.5 Å². The van der Waals surface area contributed by atoms with Crippen LogP contribution in [0, 0.1) is 35.5 Å². The lowest BCUT2D eigenvalue weighted by Gasteiger charge is -2.48. The molecule has 16 unspecified atom stereocenters. The number of rotatable bonds is 5. The molecule has 0 saturated carbocycles. The number of alkyl halides is 4. The Morgan fingerprint density at radius 1 is 0.778 bits per heavy atom. The number of amides is 2. The molecule has 7 heterocycles. The van der Waals surface area contributed by atoms with E-state index in [0.717, 1.165) is 0 Å². The zero-order valence-corrected chi connectivity index (χ0v) is 26.3. The minimum absolute atomic E-state index is 0.121. The lowest BCUT2D eigenvalue weighted by Crippen LogP contribution is -2.66. The first-order valence-corrected chi connectivity index (χ1v) is 17.6. The van der Waals surface area contributed by atoms with Gasteiger partial charge in [0, 0.05) is 42.2 Å². The maximum atomic E-state index is 14.0. The highest BCUT2D eigenvalue weighted by molar-refractivity contribution is 8.01. The summed E-state index contributed by atoms with van der Waals surface area (Å²) in [5, 5.41) is 34.4. The Hall–Kier alpha value is -1.65. The monoisotopic (exact) mass is 673 g/mol. The van der Waals surface area contributed by atoms with E-state index >= 15 is 0 Å². The Balaban J connectivity index is 1.19. The molecule has 6 N–H and O–H groups in total. The van der Waals surface area contributed by atoms with Crippen LogP contribution < -0.4 is 21.3 Å². The van der Waals surface area contributed by atoms with Crippen LogP contribution in [0.5, 0.6) is 0 Å². The largest absolute Gasteiger partial charge is 0.391 e. The molecule has 7 rings (SSSR count). The van der Waals surface area contributed by atoms with Gasteiger partial charge in [0.1, 0.15) is 0 Å². The molecule has 6 saturated heterocycles. The molecule has 6 fully saturated rings. The van der Waals surface area contributed by atoms with Crippen LogP contribution in [-0.2, 0) is 9.59 Å². The van der Waals surface area contributed by atoms with E-state index in [9.17, 15) is 37.4 Å². The number of aliphatic hydroxyl groups excluding tert-OH is 2. The Morgan fingerprint density at radius 2 is 1.20 bits per heavy atom. The van der Waals surface area contributed by atoms with Crippen molar-refractivity contribution in [3.8, 4) is 0 Å². The average Bonchev–Trinajstić information content (AvgIpc) is 3.56. The zero-order valence-electron chi connectivity index (χ0n) is 24.7. The summed E-state index contributed by atoms with van der Waals surface area (Å²) in [6.45, 7) is 3.80. The number of hydrogen-bond acceptors (Lipinski definition) is 9. The fourth-order valence-electron chi connectivity index (χ4n) is 9.29. The maximum Gasteiger partial charge on any atom is 0.253 e. The van der Waals surface area contributed by atoms with Crippen molar-refractivity contribution in [2.75, 3.05) is 0 Å². The van der Waals surface area contributed by atoms with Gasteiger partial charge in [-0.25, -0.2) is 17.6 Å². The van der Waals surface area contributed by atoms with Crippen LogP contribution in [0.4, 0.5) is 17.6 Å². The van der Waals surface area contributed by atoms with E-state index < -0.39 is 89.3 Å². The van der Waals surface area contributed by atoms with Crippen molar-refractivity contribution >= 4 is 35.3 Å². The summed E-state index contributed by atoms with van der Waals surface area (Å²) in [7, 11) is 0. The van der Waals surface area contributed by atoms with Crippen LogP contribution in [0.3, 0.4) is 0 Å². The average molecular weight is 674 g/mol. The summed E-state index contributed by atoms with van der Waals surface area (Å²) in [5.41, 5.74) is 0.551. The second-order valence-electron chi connectivity index (χ2n) is 13.7. The smallest absolute Gasteiger partial charge is 0.253 e. The first-order chi connectivity index (χ1) is 21.5. The third kappa shape index (κ3) is 5.27. The van der Waals surface area contributed by atoms with Crippen LogP contribution in [0.2, 0.25) is 0 Å². The van der Waals surface area contributed by atoms with E-state index in [1.165, 1.54) is 35.9 Å². The molecule has 45 heavy (non-hydrogen) atoms. The van der Waals surface area contributed by atoms with Crippen molar-refractivity contribution in [1.82, 2.24) is 26.3 Å². The highest BCUT2D eigenvalue weighted by Gasteiger charge is 2.63. The molecule has 2 amide bonds. The summed E-state index contributed by atoms with van der Waals surface area (Å²) in [6.07, 6.45) is -3.99. The SMILES string of the molecule is CC1CC(C(F)F)NC2SC3C(O)C(C(c4ccncc4)C4C(=O)NC5C(SC6NC(C(F)F)CC(C)C65)C4O)C(=O)NC3C12. The molecular weight excluding hydrogens is 634 g/mol. The third-order valence-electron chi connectivity index (χ3n) is 11.3. The number of carbonyl (C=O) groups excluding carboxylic acids is 2. The van der Waals surface area contributed by atoms with Crippen molar-refractivity contribution in [3.63, 3.8) is 0 Å². The van der Waals surface area contributed by atoms with Crippen LogP contribution in [0.15, 0.2) is 24.5 Å². The number of piperidine rings is 4. The van der Waals surface area contributed by atoms with Gasteiger partial charge in [-0.05, 0) is 42.4 Å². The van der Waals surface area contributed by atoms with E-state index in [1.807, 2.05) is 13.8 Å². The van der Waals surface area contributed by atoms with Gasteiger partial charge < -0.3 is 20.8 Å². The van der Waals surface area contributed by atoms with Gasteiger partial charge in [0.2, 0.25) is 11.8 Å². The van der Waals surface area contributed by atoms with Gasteiger partial charge in [-0.15, -0.1) is 23.5 Å². The summed E-state index contributed by atoms with van der Waals surface area (Å²) in [4.78, 5) is 32.1. The molecule has 6 aliphatic heterocycles. The van der Waals surface area contributed by atoms with Crippen LogP contribution in [0.1, 0.15) is 38.2 Å². The van der Waals surface area contributed by atoms with E-state index in [0.29, 0.717) is 5.56 Å². The maximum absolute atomic E-state index is 14.0. The van der Waals surface area contributed by atoms with Crippen molar-refractivity contribution in [2.24, 2.45) is 35.5 Å². The van der Waals surface area contributed by atoms with E-state index in [2.05, 4.69) is 26.3 Å². The molecule has 6 aliphatic rings. The number of nitrogens with one attached hydrogen (secondary N) is 4. The Morgan fingerprint density at radius 3 is 1.60 bits per heavy atom. The highest BCUT2D eigenvalue weighted by Crippen LogP contribution is 2.54. The van der Waals surface area contributed by atoms with Crippen molar-refractivity contribution in [3.05, 3.63) is 30.1 Å². The molecule has 1 aromatic rings. The van der Waals surface area contributed by atoms with Crippen molar-refractivity contribution in [2.45, 2.75) is 103 Å². The standard InChI is InChI=1S/C30H39F4N5O4S2/c1-9-7-12(25(31)32)36-29-14(9)19-23(44-29)21(40)17(27(42)38-19)16(11-3-5-35-6-4-11)18-22(41)24-20(39-28(18)43)15-10(2)8-13(26(33)34)37-30(15)45-24/h3-6,9-10,12-26,29-30,36-37,40-41H,7-8H2,1-2H3,(H,38,42)(H,39,43). The molecule has 15 heteroatoms. The highest BCUT2D eigenvalue weighted by atomic mass is 32.2. The van der Waals surface area contributed by atoms with Crippen molar-refractivity contribution in [1.29, 1.82) is 0 Å². The normalized spacial score (nSPS) is 48.2. The van der Waals surface area contributed by atoms with Gasteiger partial charge in [-0.2, -0.15) is 0 Å². The first-order valence-electron chi connectivity index (χ1n) is 15.7. The van der Waals surface area contributed by atoms with E-state index in [-0.39, 0.29) is 47.3 Å². The lowest BCUT2D eigenvalue weighted by molar-refractivity contribution is -0.143. The summed E-state index contributed by atoms with van der Waals surface area (Å²) in [5.74, 6) is -4.68. The molecule has 0 bridgehead atoms.